The second kappa shape index (κ2) is 6.22. The summed E-state index contributed by atoms with van der Waals surface area (Å²) in [6, 6.07) is 5.48. The standard InChI is InChI=1S/C17H20N2O5/c1-17(2)10-23-16(22)14(17)24-15(21)11-7-13(20)19(8-11)9-12-5-3-4-6-18-12/h3-6,11,14H,7-10H2,1-2H3/t11?,14-/m0/s1. The fourth-order valence-electron chi connectivity index (χ4n) is 2.92. The van der Waals surface area contributed by atoms with E-state index in [0.29, 0.717) is 6.54 Å². The summed E-state index contributed by atoms with van der Waals surface area (Å²) in [5, 5.41) is 0. The average molecular weight is 332 g/mol. The lowest BCUT2D eigenvalue weighted by Gasteiger charge is -2.23. The van der Waals surface area contributed by atoms with Crippen LogP contribution in [-0.2, 0) is 30.4 Å². The van der Waals surface area contributed by atoms with Gasteiger partial charge in [0.2, 0.25) is 12.0 Å². The molecule has 2 aliphatic rings. The summed E-state index contributed by atoms with van der Waals surface area (Å²) < 4.78 is 10.3. The van der Waals surface area contributed by atoms with E-state index in [1.807, 2.05) is 26.0 Å². The van der Waals surface area contributed by atoms with Crippen LogP contribution < -0.4 is 0 Å². The molecule has 0 bridgehead atoms. The number of carbonyl (C=O) groups excluding carboxylic acids is 3. The Morgan fingerprint density at radius 3 is 2.83 bits per heavy atom. The first-order chi connectivity index (χ1) is 11.4. The first-order valence-electron chi connectivity index (χ1n) is 7.91. The molecule has 7 nitrogen and oxygen atoms in total. The molecule has 2 saturated heterocycles. The van der Waals surface area contributed by atoms with E-state index in [1.165, 1.54) is 0 Å². The monoisotopic (exact) mass is 332 g/mol. The molecule has 128 valence electrons. The Hall–Kier alpha value is -2.44. The molecule has 24 heavy (non-hydrogen) atoms. The van der Waals surface area contributed by atoms with E-state index in [0.717, 1.165) is 5.69 Å². The van der Waals surface area contributed by atoms with Gasteiger partial charge in [-0.1, -0.05) is 19.9 Å². The van der Waals surface area contributed by atoms with Gasteiger partial charge in [-0.25, -0.2) is 4.79 Å². The van der Waals surface area contributed by atoms with Crippen LogP contribution in [0.25, 0.3) is 0 Å². The second-order valence-electron chi connectivity index (χ2n) is 6.91. The van der Waals surface area contributed by atoms with Crippen LogP contribution in [0.5, 0.6) is 0 Å². The molecule has 0 aromatic carbocycles. The number of ether oxygens (including phenoxy) is 2. The van der Waals surface area contributed by atoms with Crippen LogP contribution in [0, 0.1) is 11.3 Å². The Morgan fingerprint density at radius 1 is 1.42 bits per heavy atom. The minimum atomic E-state index is -0.912. The summed E-state index contributed by atoms with van der Waals surface area (Å²) >= 11 is 0. The van der Waals surface area contributed by atoms with Crippen molar-refractivity contribution < 1.29 is 23.9 Å². The molecule has 0 aliphatic carbocycles. The summed E-state index contributed by atoms with van der Waals surface area (Å²) in [4.78, 5) is 42.0. The zero-order chi connectivity index (χ0) is 17.3. The van der Waals surface area contributed by atoms with E-state index in [9.17, 15) is 14.4 Å². The second-order valence-corrected chi connectivity index (χ2v) is 6.91. The van der Waals surface area contributed by atoms with Crippen molar-refractivity contribution in [1.82, 2.24) is 9.88 Å². The molecule has 1 aromatic heterocycles. The predicted octanol–water partition coefficient (Wildman–Crippen LogP) is 0.925. The van der Waals surface area contributed by atoms with Gasteiger partial charge in [0.25, 0.3) is 0 Å². The molecule has 2 atom stereocenters. The largest absolute Gasteiger partial charge is 0.462 e. The van der Waals surface area contributed by atoms with Crippen molar-refractivity contribution in [3.63, 3.8) is 0 Å². The lowest BCUT2D eigenvalue weighted by Crippen LogP contribution is -2.37. The van der Waals surface area contributed by atoms with Crippen LogP contribution in [0.15, 0.2) is 24.4 Å². The first kappa shape index (κ1) is 16.4. The number of rotatable bonds is 4. The fraction of sp³-hybridized carbons (Fsp3) is 0.529. The van der Waals surface area contributed by atoms with Gasteiger partial charge in [0, 0.05) is 24.6 Å². The van der Waals surface area contributed by atoms with Crippen LogP contribution in [0.2, 0.25) is 0 Å². The molecule has 7 heteroatoms. The first-order valence-corrected chi connectivity index (χ1v) is 7.91. The zero-order valence-corrected chi connectivity index (χ0v) is 13.7. The van der Waals surface area contributed by atoms with Crippen molar-refractivity contribution in [2.45, 2.75) is 32.9 Å². The molecule has 0 N–H and O–H groups in total. The number of hydrogen-bond donors (Lipinski definition) is 0. The molecule has 2 aliphatic heterocycles. The molecule has 0 spiro atoms. The average Bonchev–Trinajstić information content (AvgIpc) is 3.03. The Morgan fingerprint density at radius 2 is 2.21 bits per heavy atom. The fourth-order valence-corrected chi connectivity index (χ4v) is 2.92. The highest BCUT2D eigenvalue weighted by Crippen LogP contribution is 2.32. The molecule has 2 fully saturated rings. The van der Waals surface area contributed by atoms with E-state index < -0.39 is 29.4 Å². The molecule has 1 aromatic rings. The number of aromatic nitrogens is 1. The van der Waals surface area contributed by atoms with Crippen LogP contribution in [0.1, 0.15) is 26.0 Å². The number of esters is 2. The quantitative estimate of drug-likeness (QED) is 0.762. The number of cyclic esters (lactones) is 1. The van der Waals surface area contributed by atoms with E-state index in [1.54, 1.807) is 17.2 Å². The minimum absolute atomic E-state index is 0.0911. The number of pyridine rings is 1. The molecular formula is C17H20N2O5. The Bertz CT molecular complexity index is 658. The van der Waals surface area contributed by atoms with Gasteiger partial charge in [0.05, 0.1) is 18.2 Å². The lowest BCUT2D eigenvalue weighted by molar-refractivity contribution is -0.166. The highest BCUT2D eigenvalue weighted by Gasteiger charge is 2.48. The molecule has 3 heterocycles. The van der Waals surface area contributed by atoms with Gasteiger partial charge in [-0.15, -0.1) is 0 Å². The predicted molar refractivity (Wildman–Crippen MR) is 82.4 cm³/mol. The van der Waals surface area contributed by atoms with Crippen LogP contribution >= 0.6 is 0 Å². The van der Waals surface area contributed by atoms with Crippen LogP contribution in [0.3, 0.4) is 0 Å². The van der Waals surface area contributed by atoms with Gasteiger partial charge in [-0.05, 0) is 12.1 Å². The van der Waals surface area contributed by atoms with Crippen molar-refractivity contribution in [3.8, 4) is 0 Å². The summed E-state index contributed by atoms with van der Waals surface area (Å²) in [5.41, 5.74) is 0.212. The SMILES string of the molecule is CC1(C)COC(=O)[C@@H]1OC(=O)C1CC(=O)N(Cc2ccccn2)C1. The van der Waals surface area contributed by atoms with Crippen LogP contribution in [-0.4, -0.2) is 47.0 Å². The van der Waals surface area contributed by atoms with Gasteiger partial charge >= 0.3 is 11.9 Å². The van der Waals surface area contributed by atoms with Crippen molar-refractivity contribution in [2.24, 2.45) is 11.3 Å². The Balaban J connectivity index is 1.61. The molecule has 0 saturated carbocycles. The number of likely N-dealkylation sites (tertiary alicyclic amines) is 1. The highest BCUT2D eigenvalue weighted by molar-refractivity contribution is 5.88. The van der Waals surface area contributed by atoms with Gasteiger partial charge in [0.15, 0.2) is 0 Å². The molecule has 3 rings (SSSR count). The molecule has 1 unspecified atom stereocenters. The zero-order valence-electron chi connectivity index (χ0n) is 13.7. The Labute approximate surface area is 139 Å². The number of nitrogens with zero attached hydrogens (tertiary/aromatic N) is 2. The third kappa shape index (κ3) is 3.25. The van der Waals surface area contributed by atoms with E-state index >= 15 is 0 Å². The maximum absolute atomic E-state index is 12.4. The summed E-state index contributed by atoms with van der Waals surface area (Å²) in [6.45, 7) is 4.47. The molecular weight excluding hydrogens is 312 g/mol. The van der Waals surface area contributed by atoms with E-state index in [2.05, 4.69) is 4.98 Å². The van der Waals surface area contributed by atoms with E-state index in [-0.39, 0.29) is 25.5 Å². The molecule has 0 radical (unpaired) electrons. The van der Waals surface area contributed by atoms with Crippen molar-refractivity contribution >= 4 is 17.8 Å². The number of hydrogen-bond acceptors (Lipinski definition) is 6. The van der Waals surface area contributed by atoms with E-state index in [4.69, 9.17) is 9.47 Å². The topological polar surface area (TPSA) is 85.8 Å². The highest BCUT2D eigenvalue weighted by atomic mass is 16.6. The maximum atomic E-state index is 12.4. The van der Waals surface area contributed by atoms with Crippen LogP contribution in [0.4, 0.5) is 0 Å². The minimum Gasteiger partial charge on any atom is -0.462 e. The number of amides is 1. The number of carbonyl (C=O) groups is 3. The van der Waals surface area contributed by atoms with Crippen molar-refractivity contribution in [3.05, 3.63) is 30.1 Å². The summed E-state index contributed by atoms with van der Waals surface area (Å²) in [7, 11) is 0. The normalized spacial score (nSPS) is 25.7. The Kier molecular flexibility index (Phi) is 4.26. The van der Waals surface area contributed by atoms with Crippen molar-refractivity contribution in [2.75, 3.05) is 13.2 Å². The third-order valence-electron chi connectivity index (χ3n) is 4.37. The summed E-state index contributed by atoms with van der Waals surface area (Å²) in [6.07, 6.45) is 0.841. The van der Waals surface area contributed by atoms with Gasteiger partial charge in [-0.2, -0.15) is 0 Å². The van der Waals surface area contributed by atoms with Gasteiger partial charge < -0.3 is 14.4 Å². The summed E-state index contributed by atoms with van der Waals surface area (Å²) in [5.74, 6) is -1.73. The smallest absolute Gasteiger partial charge is 0.348 e. The van der Waals surface area contributed by atoms with Gasteiger partial charge in [-0.3, -0.25) is 14.6 Å². The van der Waals surface area contributed by atoms with Gasteiger partial charge in [0.1, 0.15) is 6.61 Å². The third-order valence-corrected chi connectivity index (χ3v) is 4.37. The van der Waals surface area contributed by atoms with Crippen molar-refractivity contribution in [1.29, 1.82) is 0 Å². The lowest BCUT2D eigenvalue weighted by atomic mass is 9.89. The molecule has 1 amide bonds. The maximum Gasteiger partial charge on any atom is 0.348 e.